The Labute approximate surface area is 139 Å². The number of halogens is 1. The van der Waals surface area contributed by atoms with Crippen molar-refractivity contribution in [3.63, 3.8) is 0 Å². The molecule has 0 aliphatic heterocycles. The molecule has 0 aliphatic carbocycles. The normalized spacial score (nSPS) is 12.4. The number of aliphatic carboxylic acids is 1. The molecular formula is C16H18ClN3O3. The first-order chi connectivity index (χ1) is 10.8. The number of benzene rings is 1. The highest BCUT2D eigenvalue weighted by Gasteiger charge is 2.24. The predicted octanol–water partition coefficient (Wildman–Crippen LogP) is 2.69. The second-order valence-electron chi connectivity index (χ2n) is 5.26. The van der Waals surface area contributed by atoms with Gasteiger partial charge in [-0.2, -0.15) is 5.26 Å². The molecule has 6 nitrogen and oxygen atoms in total. The minimum Gasteiger partial charge on any atom is -0.480 e. The van der Waals surface area contributed by atoms with Crippen LogP contribution in [-0.4, -0.2) is 23.0 Å². The molecule has 0 fully saturated rings. The van der Waals surface area contributed by atoms with Crippen LogP contribution in [0.4, 0.5) is 5.69 Å². The summed E-state index contributed by atoms with van der Waals surface area (Å²) in [5, 5.41) is 23.9. The fraction of sp³-hybridized carbons (Fsp3) is 0.312. The predicted molar refractivity (Wildman–Crippen MR) is 87.9 cm³/mol. The van der Waals surface area contributed by atoms with Crippen molar-refractivity contribution in [1.29, 1.82) is 5.26 Å². The standard InChI is InChI=1S/C16H18ClN3O3/c1-9(2)14(16(22)23)20-15(21)11(7-18)8-19-13-6-4-5-12(17)10(13)3/h4-6,8-9,14,19H,1-3H3,(H,20,21)(H,22,23)/b11-8-. The number of carboxylic acids is 1. The van der Waals surface area contributed by atoms with E-state index < -0.39 is 17.9 Å². The third-order valence-electron chi connectivity index (χ3n) is 3.22. The number of hydrogen-bond donors (Lipinski definition) is 3. The Balaban J connectivity index is 2.91. The summed E-state index contributed by atoms with van der Waals surface area (Å²) in [5.74, 6) is -2.20. The van der Waals surface area contributed by atoms with Crippen LogP contribution < -0.4 is 10.6 Å². The third-order valence-corrected chi connectivity index (χ3v) is 3.63. The quantitative estimate of drug-likeness (QED) is 0.548. The fourth-order valence-corrected chi connectivity index (χ4v) is 1.97. The Kier molecular flexibility index (Phi) is 6.61. The largest absolute Gasteiger partial charge is 0.480 e. The number of rotatable bonds is 6. The first kappa shape index (κ1) is 18.5. The van der Waals surface area contributed by atoms with Crippen LogP contribution in [0.15, 0.2) is 30.0 Å². The Morgan fingerprint density at radius 2 is 2.04 bits per heavy atom. The molecular weight excluding hydrogens is 318 g/mol. The Morgan fingerprint density at radius 3 is 2.57 bits per heavy atom. The lowest BCUT2D eigenvalue weighted by molar-refractivity contribution is -0.142. The summed E-state index contributed by atoms with van der Waals surface area (Å²) in [6.45, 7) is 5.13. The van der Waals surface area contributed by atoms with Gasteiger partial charge in [-0.3, -0.25) is 4.79 Å². The second kappa shape index (κ2) is 8.20. The van der Waals surface area contributed by atoms with E-state index in [1.807, 2.05) is 0 Å². The molecule has 0 radical (unpaired) electrons. The fourth-order valence-electron chi connectivity index (χ4n) is 1.79. The zero-order chi connectivity index (χ0) is 17.6. The van der Waals surface area contributed by atoms with Gasteiger partial charge in [0.25, 0.3) is 5.91 Å². The van der Waals surface area contributed by atoms with Crippen molar-refractivity contribution in [1.82, 2.24) is 5.32 Å². The first-order valence-corrected chi connectivity index (χ1v) is 7.31. The molecule has 0 saturated carbocycles. The van der Waals surface area contributed by atoms with Gasteiger partial charge < -0.3 is 15.7 Å². The Morgan fingerprint density at radius 1 is 1.39 bits per heavy atom. The van der Waals surface area contributed by atoms with Crippen LogP contribution in [0.1, 0.15) is 19.4 Å². The van der Waals surface area contributed by atoms with Gasteiger partial charge in [-0.1, -0.05) is 31.5 Å². The molecule has 122 valence electrons. The topological polar surface area (TPSA) is 102 Å². The molecule has 1 aromatic rings. The monoisotopic (exact) mass is 335 g/mol. The first-order valence-electron chi connectivity index (χ1n) is 6.93. The van der Waals surface area contributed by atoms with Gasteiger partial charge in [0.15, 0.2) is 0 Å². The summed E-state index contributed by atoms with van der Waals surface area (Å²) in [6.07, 6.45) is 1.23. The highest BCUT2D eigenvalue weighted by molar-refractivity contribution is 6.31. The maximum atomic E-state index is 12.0. The van der Waals surface area contributed by atoms with Crippen molar-refractivity contribution in [2.45, 2.75) is 26.8 Å². The lowest BCUT2D eigenvalue weighted by Gasteiger charge is -2.17. The summed E-state index contributed by atoms with van der Waals surface area (Å²) < 4.78 is 0. The second-order valence-corrected chi connectivity index (χ2v) is 5.67. The van der Waals surface area contributed by atoms with Crippen molar-refractivity contribution in [2.75, 3.05) is 5.32 Å². The summed E-state index contributed by atoms with van der Waals surface area (Å²) in [5.41, 5.74) is 1.20. The average molecular weight is 336 g/mol. The van der Waals surface area contributed by atoms with Gasteiger partial charge in [0.1, 0.15) is 17.7 Å². The molecule has 23 heavy (non-hydrogen) atoms. The van der Waals surface area contributed by atoms with Crippen molar-refractivity contribution in [3.05, 3.63) is 40.6 Å². The van der Waals surface area contributed by atoms with Gasteiger partial charge in [0.05, 0.1) is 0 Å². The number of hydrogen-bond acceptors (Lipinski definition) is 4. The molecule has 1 atom stereocenters. The zero-order valence-corrected chi connectivity index (χ0v) is 13.8. The number of carbonyl (C=O) groups excluding carboxylic acids is 1. The number of carbonyl (C=O) groups is 2. The van der Waals surface area contributed by atoms with Gasteiger partial charge in [0, 0.05) is 16.9 Å². The SMILES string of the molecule is Cc1c(Cl)cccc1N/C=C(/C#N)C(=O)NC(C(=O)O)C(C)C. The van der Waals surface area contributed by atoms with E-state index in [4.69, 9.17) is 22.0 Å². The minimum absolute atomic E-state index is 0.226. The molecule has 1 aromatic carbocycles. The lowest BCUT2D eigenvalue weighted by Crippen LogP contribution is -2.44. The summed E-state index contributed by atoms with van der Waals surface area (Å²) in [6, 6.07) is 5.89. The van der Waals surface area contributed by atoms with Gasteiger partial charge in [0.2, 0.25) is 0 Å². The van der Waals surface area contributed by atoms with E-state index in [9.17, 15) is 9.59 Å². The van der Waals surface area contributed by atoms with E-state index in [1.54, 1.807) is 45.0 Å². The smallest absolute Gasteiger partial charge is 0.326 e. The maximum Gasteiger partial charge on any atom is 0.326 e. The minimum atomic E-state index is -1.15. The molecule has 0 spiro atoms. The Hall–Kier alpha value is -2.52. The van der Waals surface area contributed by atoms with Crippen molar-refractivity contribution in [2.24, 2.45) is 5.92 Å². The highest BCUT2D eigenvalue weighted by Crippen LogP contribution is 2.23. The molecule has 3 N–H and O–H groups in total. The maximum absolute atomic E-state index is 12.0. The molecule has 0 bridgehead atoms. The number of anilines is 1. The van der Waals surface area contributed by atoms with Crippen LogP contribution in [0.25, 0.3) is 0 Å². The number of nitrogens with one attached hydrogen (secondary N) is 2. The molecule has 7 heteroatoms. The molecule has 1 rings (SSSR count). The molecule has 0 saturated heterocycles. The number of amides is 1. The van der Waals surface area contributed by atoms with E-state index in [1.165, 1.54) is 6.20 Å². The lowest BCUT2D eigenvalue weighted by atomic mass is 10.0. The zero-order valence-electron chi connectivity index (χ0n) is 13.1. The van der Waals surface area contributed by atoms with E-state index in [0.29, 0.717) is 10.7 Å². The summed E-state index contributed by atoms with van der Waals surface area (Å²) >= 11 is 5.99. The average Bonchev–Trinajstić information content (AvgIpc) is 2.48. The number of carboxylic acid groups (broad SMARTS) is 1. The van der Waals surface area contributed by atoms with Crippen molar-refractivity contribution >= 4 is 29.2 Å². The molecule has 1 amide bonds. The molecule has 0 aromatic heterocycles. The van der Waals surface area contributed by atoms with Crippen LogP contribution in [-0.2, 0) is 9.59 Å². The van der Waals surface area contributed by atoms with Crippen LogP contribution in [0.2, 0.25) is 5.02 Å². The van der Waals surface area contributed by atoms with E-state index >= 15 is 0 Å². The van der Waals surface area contributed by atoms with Crippen LogP contribution in [0.3, 0.4) is 0 Å². The highest BCUT2D eigenvalue weighted by atomic mass is 35.5. The van der Waals surface area contributed by atoms with Crippen molar-refractivity contribution < 1.29 is 14.7 Å². The van der Waals surface area contributed by atoms with Crippen LogP contribution >= 0.6 is 11.6 Å². The number of nitriles is 1. The molecule has 1 unspecified atom stereocenters. The van der Waals surface area contributed by atoms with E-state index in [2.05, 4.69) is 10.6 Å². The van der Waals surface area contributed by atoms with Gasteiger partial charge in [-0.05, 0) is 30.5 Å². The van der Waals surface area contributed by atoms with Crippen LogP contribution in [0, 0.1) is 24.2 Å². The number of nitrogens with zero attached hydrogens (tertiary/aromatic N) is 1. The third kappa shape index (κ3) is 5.01. The van der Waals surface area contributed by atoms with E-state index in [0.717, 1.165) is 5.56 Å². The molecule has 0 heterocycles. The van der Waals surface area contributed by atoms with Crippen molar-refractivity contribution in [3.8, 4) is 6.07 Å². The van der Waals surface area contributed by atoms with Crippen LogP contribution in [0.5, 0.6) is 0 Å². The summed E-state index contributed by atoms with van der Waals surface area (Å²) in [7, 11) is 0. The summed E-state index contributed by atoms with van der Waals surface area (Å²) in [4.78, 5) is 23.1. The van der Waals surface area contributed by atoms with E-state index in [-0.39, 0.29) is 11.5 Å². The Bertz CT molecular complexity index is 678. The van der Waals surface area contributed by atoms with Gasteiger partial charge in [-0.15, -0.1) is 0 Å². The molecule has 0 aliphatic rings. The van der Waals surface area contributed by atoms with Gasteiger partial charge in [-0.25, -0.2) is 4.79 Å². The van der Waals surface area contributed by atoms with Gasteiger partial charge >= 0.3 is 5.97 Å².